The van der Waals surface area contributed by atoms with Gasteiger partial charge in [0.05, 0.1) is 11.9 Å². The molecule has 0 spiro atoms. The first-order chi connectivity index (χ1) is 5.74. The average Bonchev–Trinajstić information content (AvgIpc) is 2.03. The van der Waals surface area contributed by atoms with Gasteiger partial charge in [-0.2, -0.15) is 0 Å². The Morgan fingerprint density at radius 3 is 2.83 bits per heavy atom. The van der Waals surface area contributed by atoms with Gasteiger partial charge in [-0.1, -0.05) is 12.7 Å². The first-order valence-electron chi connectivity index (χ1n) is 3.82. The number of hydrogen-bond donors (Lipinski definition) is 0. The molecule has 0 radical (unpaired) electrons. The van der Waals surface area contributed by atoms with Crippen LogP contribution in [-0.2, 0) is 0 Å². The summed E-state index contributed by atoms with van der Waals surface area (Å²) in [6, 6.07) is 2.01. The van der Waals surface area contributed by atoms with Crippen LogP contribution in [0.4, 0.5) is 5.69 Å². The van der Waals surface area contributed by atoms with Crippen LogP contribution in [0.2, 0.25) is 0 Å². The Hall–Kier alpha value is -1.44. The molecule has 12 heavy (non-hydrogen) atoms. The Morgan fingerprint density at radius 1 is 1.50 bits per heavy atom. The number of nitrogens with zero attached hydrogens (tertiary/aromatic N) is 2. The molecule has 0 amide bonds. The quantitative estimate of drug-likeness (QED) is 0.610. The van der Waals surface area contributed by atoms with Crippen LogP contribution < -0.4 is 0 Å². The van der Waals surface area contributed by atoms with E-state index in [-0.39, 0.29) is 0 Å². The van der Waals surface area contributed by atoms with Gasteiger partial charge >= 0.3 is 0 Å². The molecule has 0 saturated heterocycles. The molecular weight excluding hydrogens is 148 g/mol. The van der Waals surface area contributed by atoms with Crippen LogP contribution in [0.1, 0.15) is 11.3 Å². The summed E-state index contributed by atoms with van der Waals surface area (Å²) < 4.78 is 0. The highest BCUT2D eigenvalue weighted by Gasteiger charge is 1.94. The summed E-state index contributed by atoms with van der Waals surface area (Å²) in [7, 11) is 0. The molecular formula is C10H12N2. The second-order valence-corrected chi connectivity index (χ2v) is 2.63. The highest BCUT2D eigenvalue weighted by Crippen LogP contribution is 2.16. The lowest BCUT2D eigenvalue weighted by molar-refractivity contribution is 1.17. The zero-order chi connectivity index (χ0) is 8.97. The monoisotopic (exact) mass is 160 g/mol. The molecule has 0 fully saturated rings. The third-order valence-corrected chi connectivity index (χ3v) is 1.54. The number of aromatic nitrogens is 1. The van der Waals surface area contributed by atoms with Crippen LogP contribution >= 0.6 is 0 Å². The van der Waals surface area contributed by atoms with Gasteiger partial charge in [-0.25, -0.2) is 0 Å². The zero-order valence-corrected chi connectivity index (χ0v) is 7.41. The number of pyridine rings is 1. The Labute approximate surface area is 72.7 Å². The van der Waals surface area contributed by atoms with E-state index >= 15 is 0 Å². The standard InChI is InChI=1S/C10H12N2/c1-4-5-11-10-7-12-9(3)6-8(10)2/h4-7H,1H2,2-3H3/b11-5-. The van der Waals surface area contributed by atoms with Gasteiger partial charge in [0, 0.05) is 11.9 Å². The lowest BCUT2D eigenvalue weighted by Crippen LogP contribution is -1.82. The highest BCUT2D eigenvalue weighted by molar-refractivity contribution is 5.74. The molecule has 1 rings (SSSR count). The second kappa shape index (κ2) is 3.81. The minimum atomic E-state index is 0.903. The van der Waals surface area contributed by atoms with E-state index in [1.807, 2.05) is 19.9 Å². The minimum absolute atomic E-state index is 0.903. The van der Waals surface area contributed by atoms with Gasteiger partial charge in [0.15, 0.2) is 0 Å². The van der Waals surface area contributed by atoms with Crippen molar-refractivity contribution < 1.29 is 0 Å². The van der Waals surface area contributed by atoms with Crippen LogP contribution in [-0.4, -0.2) is 11.2 Å². The largest absolute Gasteiger partial charge is 0.259 e. The summed E-state index contributed by atoms with van der Waals surface area (Å²) in [6.45, 7) is 7.54. The van der Waals surface area contributed by atoms with Crippen molar-refractivity contribution in [3.63, 3.8) is 0 Å². The zero-order valence-electron chi connectivity index (χ0n) is 7.41. The van der Waals surface area contributed by atoms with Crippen LogP contribution in [0.25, 0.3) is 0 Å². The highest BCUT2D eigenvalue weighted by atomic mass is 14.8. The Kier molecular flexibility index (Phi) is 2.75. The normalized spacial score (nSPS) is 10.5. The molecule has 1 aromatic heterocycles. The maximum atomic E-state index is 4.16. The summed E-state index contributed by atoms with van der Waals surface area (Å²) in [5.74, 6) is 0. The Morgan fingerprint density at radius 2 is 2.25 bits per heavy atom. The molecule has 1 aromatic rings. The summed E-state index contributed by atoms with van der Waals surface area (Å²) in [5, 5.41) is 0. The van der Waals surface area contributed by atoms with Crippen molar-refractivity contribution in [3.8, 4) is 0 Å². The fraction of sp³-hybridized carbons (Fsp3) is 0.200. The first kappa shape index (κ1) is 8.65. The van der Waals surface area contributed by atoms with E-state index in [0.29, 0.717) is 0 Å². The summed E-state index contributed by atoms with van der Waals surface area (Å²) >= 11 is 0. The molecule has 0 aliphatic rings. The van der Waals surface area contributed by atoms with E-state index in [1.165, 1.54) is 0 Å². The molecule has 62 valence electrons. The SMILES string of the molecule is C=C/C=N\c1cnc(C)cc1C. The number of aryl methyl sites for hydroxylation is 2. The Balaban J connectivity index is 3.01. The van der Waals surface area contributed by atoms with Crippen LogP contribution in [0.5, 0.6) is 0 Å². The van der Waals surface area contributed by atoms with Gasteiger partial charge in [-0.3, -0.25) is 9.98 Å². The average molecular weight is 160 g/mol. The topological polar surface area (TPSA) is 25.2 Å². The molecule has 2 heteroatoms. The van der Waals surface area contributed by atoms with Gasteiger partial charge in [0.25, 0.3) is 0 Å². The first-order valence-corrected chi connectivity index (χ1v) is 3.82. The maximum absolute atomic E-state index is 4.16. The van der Waals surface area contributed by atoms with Crippen LogP contribution in [0, 0.1) is 13.8 Å². The summed E-state index contributed by atoms with van der Waals surface area (Å²) in [6.07, 6.45) is 5.09. The second-order valence-electron chi connectivity index (χ2n) is 2.63. The van der Waals surface area contributed by atoms with E-state index in [9.17, 15) is 0 Å². The fourth-order valence-electron chi connectivity index (χ4n) is 0.957. The molecule has 1 heterocycles. The predicted octanol–water partition coefficient (Wildman–Crippen LogP) is 2.59. The third kappa shape index (κ3) is 2.02. The molecule has 0 unspecified atom stereocenters. The number of rotatable bonds is 2. The lowest BCUT2D eigenvalue weighted by atomic mass is 10.2. The smallest absolute Gasteiger partial charge is 0.0842 e. The molecule has 0 N–H and O–H groups in total. The van der Waals surface area contributed by atoms with E-state index in [2.05, 4.69) is 16.6 Å². The third-order valence-electron chi connectivity index (χ3n) is 1.54. The molecule has 0 saturated carbocycles. The lowest BCUT2D eigenvalue weighted by Gasteiger charge is -1.98. The van der Waals surface area contributed by atoms with Crippen molar-refractivity contribution in [2.45, 2.75) is 13.8 Å². The van der Waals surface area contributed by atoms with Crippen molar-refractivity contribution >= 4 is 11.9 Å². The van der Waals surface area contributed by atoms with Crippen LogP contribution in [0.15, 0.2) is 29.9 Å². The van der Waals surface area contributed by atoms with Crippen molar-refractivity contribution in [2.75, 3.05) is 0 Å². The predicted molar refractivity (Wildman–Crippen MR) is 52.1 cm³/mol. The maximum Gasteiger partial charge on any atom is 0.0842 e. The van der Waals surface area contributed by atoms with Crippen molar-refractivity contribution in [1.82, 2.24) is 4.98 Å². The van der Waals surface area contributed by atoms with E-state index < -0.39 is 0 Å². The van der Waals surface area contributed by atoms with Gasteiger partial charge in [-0.15, -0.1) is 0 Å². The fourth-order valence-corrected chi connectivity index (χ4v) is 0.957. The van der Waals surface area contributed by atoms with E-state index in [4.69, 9.17) is 0 Å². The number of allylic oxidation sites excluding steroid dienone is 1. The molecule has 2 nitrogen and oxygen atoms in total. The van der Waals surface area contributed by atoms with Gasteiger partial charge in [0.1, 0.15) is 0 Å². The molecule has 0 atom stereocenters. The number of hydrogen-bond acceptors (Lipinski definition) is 2. The van der Waals surface area contributed by atoms with Gasteiger partial charge < -0.3 is 0 Å². The van der Waals surface area contributed by atoms with Crippen LogP contribution in [0.3, 0.4) is 0 Å². The summed E-state index contributed by atoms with van der Waals surface area (Å²) in [5.41, 5.74) is 3.06. The summed E-state index contributed by atoms with van der Waals surface area (Å²) in [4.78, 5) is 8.30. The van der Waals surface area contributed by atoms with Crippen molar-refractivity contribution in [3.05, 3.63) is 36.2 Å². The van der Waals surface area contributed by atoms with E-state index in [1.54, 1.807) is 18.5 Å². The molecule has 0 aromatic carbocycles. The van der Waals surface area contributed by atoms with E-state index in [0.717, 1.165) is 16.9 Å². The van der Waals surface area contributed by atoms with Crippen molar-refractivity contribution in [1.29, 1.82) is 0 Å². The van der Waals surface area contributed by atoms with Crippen molar-refractivity contribution in [2.24, 2.45) is 4.99 Å². The molecule has 0 aliphatic heterocycles. The molecule has 0 aliphatic carbocycles. The number of aliphatic imine (C=N–C) groups is 1. The van der Waals surface area contributed by atoms with Gasteiger partial charge in [-0.05, 0) is 25.5 Å². The Bertz CT molecular complexity index is 314. The minimum Gasteiger partial charge on any atom is -0.259 e. The van der Waals surface area contributed by atoms with Gasteiger partial charge in [0.2, 0.25) is 0 Å². The molecule has 0 bridgehead atoms.